The standard InChI is InChI=1S/C9H19NO/c1-2-11-9-7-5-3-4-6-8(9)10/h8-9H,2-7,10H2,1H3/t8-,9+/m0/s1. The summed E-state index contributed by atoms with van der Waals surface area (Å²) in [5.41, 5.74) is 5.94. The zero-order valence-electron chi connectivity index (χ0n) is 7.38. The van der Waals surface area contributed by atoms with E-state index in [1.54, 1.807) is 0 Å². The molecule has 0 aromatic rings. The highest BCUT2D eigenvalue weighted by Crippen LogP contribution is 2.18. The summed E-state index contributed by atoms with van der Waals surface area (Å²) in [4.78, 5) is 0. The zero-order chi connectivity index (χ0) is 8.10. The SMILES string of the molecule is CCO[C@@H]1CCCCC[C@@H]1N. The molecule has 1 rings (SSSR count). The number of nitrogens with two attached hydrogens (primary N) is 1. The summed E-state index contributed by atoms with van der Waals surface area (Å²) in [5, 5.41) is 0. The van der Waals surface area contributed by atoms with E-state index in [1.165, 1.54) is 19.3 Å². The Morgan fingerprint density at radius 3 is 2.73 bits per heavy atom. The van der Waals surface area contributed by atoms with Crippen molar-refractivity contribution < 1.29 is 4.74 Å². The summed E-state index contributed by atoms with van der Waals surface area (Å²) in [7, 11) is 0. The average Bonchev–Trinajstić information content (AvgIpc) is 2.18. The third-order valence-electron chi connectivity index (χ3n) is 2.38. The van der Waals surface area contributed by atoms with Crippen LogP contribution in [0.4, 0.5) is 0 Å². The van der Waals surface area contributed by atoms with Crippen LogP contribution in [-0.4, -0.2) is 18.8 Å². The quantitative estimate of drug-likeness (QED) is 0.619. The minimum absolute atomic E-state index is 0.289. The molecule has 2 atom stereocenters. The Morgan fingerprint density at radius 1 is 1.27 bits per heavy atom. The molecule has 1 fully saturated rings. The lowest BCUT2D eigenvalue weighted by atomic mass is 10.1. The normalized spacial score (nSPS) is 33.3. The Bertz CT molecular complexity index is 106. The van der Waals surface area contributed by atoms with E-state index in [4.69, 9.17) is 10.5 Å². The average molecular weight is 157 g/mol. The van der Waals surface area contributed by atoms with Gasteiger partial charge in [0.15, 0.2) is 0 Å². The summed E-state index contributed by atoms with van der Waals surface area (Å²) >= 11 is 0. The van der Waals surface area contributed by atoms with Crippen molar-refractivity contribution in [2.45, 2.75) is 51.2 Å². The lowest BCUT2D eigenvalue weighted by Gasteiger charge is -2.20. The van der Waals surface area contributed by atoms with Gasteiger partial charge in [-0.05, 0) is 19.8 Å². The Hall–Kier alpha value is -0.0800. The molecule has 2 heteroatoms. The van der Waals surface area contributed by atoms with Crippen molar-refractivity contribution >= 4 is 0 Å². The van der Waals surface area contributed by atoms with Crippen molar-refractivity contribution in [3.05, 3.63) is 0 Å². The van der Waals surface area contributed by atoms with Gasteiger partial charge in [-0.3, -0.25) is 0 Å². The monoisotopic (exact) mass is 157 g/mol. The summed E-state index contributed by atoms with van der Waals surface area (Å²) in [5.74, 6) is 0. The number of hydrogen-bond acceptors (Lipinski definition) is 2. The summed E-state index contributed by atoms with van der Waals surface area (Å²) < 4.78 is 5.55. The van der Waals surface area contributed by atoms with Crippen LogP contribution in [0.1, 0.15) is 39.0 Å². The highest BCUT2D eigenvalue weighted by molar-refractivity contribution is 4.76. The summed E-state index contributed by atoms with van der Waals surface area (Å²) in [6.07, 6.45) is 6.54. The fourth-order valence-electron chi connectivity index (χ4n) is 1.72. The second kappa shape index (κ2) is 4.73. The predicted molar refractivity (Wildman–Crippen MR) is 46.5 cm³/mol. The van der Waals surface area contributed by atoms with Crippen LogP contribution in [0.15, 0.2) is 0 Å². The number of hydrogen-bond donors (Lipinski definition) is 1. The van der Waals surface area contributed by atoms with Gasteiger partial charge in [0.1, 0.15) is 0 Å². The molecule has 0 unspecified atom stereocenters. The molecule has 0 aliphatic heterocycles. The first-order chi connectivity index (χ1) is 5.34. The molecule has 1 saturated carbocycles. The van der Waals surface area contributed by atoms with E-state index in [0.717, 1.165) is 19.4 Å². The first-order valence-corrected chi connectivity index (χ1v) is 4.71. The zero-order valence-corrected chi connectivity index (χ0v) is 7.38. The molecule has 0 aromatic heterocycles. The van der Waals surface area contributed by atoms with Gasteiger partial charge in [-0.25, -0.2) is 0 Å². The Morgan fingerprint density at radius 2 is 2.00 bits per heavy atom. The lowest BCUT2D eigenvalue weighted by Crippen LogP contribution is -2.35. The largest absolute Gasteiger partial charge is 0.377 e. The van der Waals surface area contributed by atoms with E-state index in [0.29, 0.717) is 6.10 Å². The van der Waals surface area contributed by atoms with Gasteiger partial charge in [0.25, 0.3) is 0 Å². The summed E-state index contributed by atoms with van der Waals surface area (Å²) in [6, 6.07) is 0.289. The molecular weight excluding hydrogens is 138 g/mol. The fraction of sp³-hybridized carbons (Fsp3) is 1.00. The van der Waals surface area contributed by atoms with Crippen LogP contribution in [0.3, 0.4) is 0 Å². The maximum absolute atomic E-state index is 5.94. The Kier molecular flexibility index (Phi) is 3.87. The van der Waals surface area contributed by atoms with E-state index >= 15 is 0 Å². The van der Waals surface area contributed by atoms with Crippen molar-refractivity contribution in [1.29, 1.82) is 0 Å². The molecule has 1 aliphatic carbocycles. The predicted octanol–water partition coefficient (Wildman–Crippen LogP) is 1.68. The third-order valence-corrected chi connectivity index (χ3v) is 2.38. The molecule has 11 heavy (non-hydrogen) atoms. The van der Waals surface area contributed by atoms with Gasteiger partial charge in [-0.2, -0.15) is 0 Å². The van der Waals surface area contributed by atoms with Gasteiger partial charge in [-0.1, -0.05) is 19.3 Å². The molecule has 0 aromatic carbocycles. The molecule has 0 amide bonds. The first-order valence-electron chi connectivity index (χ1n) is 4.71. The maximum atomic E-state index is 5.94. The van der Waals surface area contributed by atoms with Gasteiger partial charge in [0, 0.05) is 12.6 Å². The first kappa shape index (κ1) is 9.01. The second-order valence-corrected chi connectivity index (χ2v) is 3.30. The molecule has 0 saturated heterocycles. The summed E-state index contributed by atoms with van der Waals surface area (Å²) in [6.45, 7) is 2.84. The lowest BCUT2D eigenvalue weighted by molar-refractivity contribution is 0.0399. The van der Waals surface area contributed by atoms with Crippen LogP contribution in [0, 0.1) is 0 Å². The van der Waals surface area contributed by atoms with Crippen LogP contribution in [0.2, 0.25) is 0 Å². The molecule has 2 nitrogen and oxygen atoms in total. The van der Waals surface area contributed by atoms with Crippen LogP contribution in [0.5, 0.6) is 0 Å². The van der Waals surface area contributed by atoms with Crippen LogP contribution in [-0.2, 0) is 4.74 Å². The number of ether oxygens (including phenoxy) is 1. The molecule has 0 bridgehead atoms. The van der Waals surface area contributed by atoms with E-state index in [2.05, 4.69) is 0 Å². The minimum atomic E-state index is 0.289. The molecule has 66 valence electrons. The van der Waals surface area contributed by atoms with E-state index in [9.17, 15) is 0 Å². The Balaban J connectivity index is 2.32. The smallest absolute Gasteiger partial charge is 0.0725 e. The van der Waals surface area contributed by atoms with Gasteiger partial charge in [0.05, 0.1) is 6.10 Å². The van der Waals surface area contributed by atoms with Gasteiger partial charge in [0.2, 0.25) is 0 Å². The van der Waals surface area contributed by atoms with E-state index < -0.39 is 0 Å². The molecular formula is C9H19NO. The topological polar surface area (TPSA) is 35.2 Å². The van der Waals surface area contributed by atoms with Crippen LogP contribution < -0.4 is 5.73 Å². The minimum Gasteiger partial charge on any atom is -0.377 e. The van der Waals surface area contributed by atoms with Crippen LogP contribution >= 0.6 is 0 Å². The highest BCUT2D eigenvalue weighted by Gasteiger charge is 2.19. The van der Waals surface area contributed by atoms with Crippen molar-refractivity contribution in [2.24, 2.45) is 5.73 Å². The number of rotatable bonds is 2. The van der Waals surface area contributed by atoms with Gasteiger partial charge in [-0.15, -0.1) is 0 Å². The van der Waals surface area contributed by atoms with Crippen molar-refractivity contribution in [1.82, 2.24) is 0 Å². The van der Waals surface area contributed by atoms with Gasteiger partial charge >= 0.3 is 0 Å². The molecule has 1 aliphatic rings. The molecule has 0 heterocycles. The van der Waals surface area contributed by atoms with Crippen molar-refractivity contribution in [3.63, 3.8) is 0 Å². The molecule has 0 radical (unpaired) electrons. The van der Waals surface area contributed by atoms with Crippen molar-refractivity contribution in [3.8, 4) is 0 Å². The maximum Gasteiger partial charge on any atom is 0.0725 e. The van der Waals surface area contributed by atoms with Gasteiger partial charge < -0.3 is 10.5 Å². The molecule has 2 N–H and O–H groups in total. The Labute approximate surface area is 69.1 Å². The van der Waals surface area contributed by atoms with Crippen LogP contribution in [0.25, 0.3) is 0 Å². The van der Waals surface area contributed by atoms with E-state index in [1.807, 2.05) is 6.92 Å². The second-order valence-electron chi connectivity index (χ2n) is 3.30. The fourth-order valence-corrected chi connectivity index (χ4v) is 1.72. The van der Waals surface area contributed by atoms with E-state index in [-0.39, 0.29) is 6.04 Å². The third kappa shape index (κ3) is 2.80. The highest BCUT2D eigenvalue weighted by atomic mass is 16.5. The molecule has 0 spiro atoms. The van der Waals surface area contributed by atoms with Crippen molar-refractivity contribution in [2.75, 3.05) is 6.61 Å².